The van der Waals surface area contributed by atoms with Gasteiger partial charge in [-0.1, -0.05) is 11.6 Å². The summed E-state index contributed by atoms with van der Waals surface area (Å²) in [5.41, 5.74) is 6.74. The van der Waals surface area contributed by atoms with Gasteiger partial charge >= 0.3 is 5.76 Å². The van der Waals surface area contributed by atoms with E-state index in [2.05, 4.69) is 0 Å². The van der Waals surface area contributed by atoms with Crippen LogP contribution in [0.25, 0.3) is 11.1 Å². The summed E-state index contributed by atoms with van der Waals surface area (Å²) in [5, 5.41) is 9.93. The van der Waals surface area contributed by atoms with Crippen LogP contribution in [0, 0.1) is 0 Å². The van der Waals surface area contributed by atoms with Crippen molar-refractivity contribution >= 4 is 22.7 Å². The highest BCUT2D eigenvalue weighted by molar-refractivity contribution is 6.35. The number of aryl methyl sites for hydroxylation is 1. The molecule has 1 aromatic heterocycles. The van der Waals surface area contributed by atoms with Crippen LogP contribution in [0.4, 0.5) is 0 Å². The van der Waals surface area contributed by atoms with Gasteiger partial charge in [0.05, 0.1) is 11.1 Å². The van der Waals surface area contributed by atoms with Crippen molar-refractivity contribution in [2.75, 3.05) is 6.54 Å². The van der Waals surface area contributed by atoms with Gasteiger partial charge in [0.15, 0.2) is 5.58 Å². The molecule has 0 aliphatic rings. The number of aliphatic hydroxyl groups is 1. The summed E-state index contributed by atoms with van der Waals surface area (Å²) >= 11 is 6.01. The molecule has 1 aromatic carbocycles. The van der Waals surface area contributed by atoms with Crippen LogP contribution in [0.1, 0.15) is 11.7 Å². The lowest BCUT2D eigenvalue weighted by atomic mass is 10.1. The number of rotatable bonds is 2. The summed E-state index contributed by atoms with van der Waals surface area (Å²) < 4.78 is 6.30. The molecule has 0 aliphatic carbocycles. The number of oxazole rings is 1. The van der Waals surface area contributed by atoms with Crippen molar-refractivity contribution in [2.24, 2.45) is 12.8 Å². The molecule has 0 bridgehead atoms. The zero-order chi connectivity index (χ0) is 11.9. The number of aliphatic hydroxyl groups excluding tert-OH is 1. The van der Waals surface area contributed by atoms with Gasteiger partial charge in [-0.05, 0) is 17.7 Å². The number of aromatic nitrogens is 1. The smallest absolute Gasteiger partial charge is 0.408 e. The van der Waals surface area contributed by atoms with Crippen molar-refractivity contribution in [3.63, 3.8) is 0 Å². The van der Waals surface area contributed by atoms with Crippen molar-refractivity contribution in [2.45, 2.75) is 6.10 Å². The molecular formula is C10H11ClN2O3. The van der Waals surface area contributed by atoms with Crippen LogP contribution in [-0.4, -0.2) is 16.2 Å². The lowest BCUT2D eigenvalue weighted by Crippen LogP contribution is -2.11. The number of hydrogen-bond donors (Lipinski definition) is 2. The molecule has 0 fully saturated rings. The fourth-order valence-corrected chi connectivity index (χ4v) is 1.93. The van der Waals surface area contributed by atoms with Gasteiger partial charge in [-0.25, -0.2) is 4.79 Å². The van der Waals surface area contributed by atoms with Gasteiger partial charge in [-0.3, -0.25) is 4.57 Å². The molecule has 3 N–H and O–H groups in total. The van der Waals surface area contributed by atoms with Crippen LogP contribution in [0.3, 0.4) is 0 Å². The Morgan fingerprint density at radius 2 is 2.31 bits per heavy atom. The summed E-state index contributed by atoms with van der Waals surface area (Å²) in [6.07, 6.45) is -0.813. The first-order valence-corrected chi connectivity index (χ1v) is 5.09. The first-order valence-electron chi connectivity index (χ1n) is 4.71. The molecule has 1 heterocycles. The van der Waals surface area contributed by atoms with Crippen LogP contribution >= 0.6 is 11.6 Å². The topological polar surface area (TPSA) is 81.4 Å². The van der Waals surface area contributed by atoms with E-state index in [1.807, 2.05) is 0 Å². The average Bonchev–Trinajstić information content (AvgIpc) is 2.54. The molecule has 2 aromatic rings. The Hall–Kier alpha value is -1.30. The summed E-state index contributed by atoms with van der Waals surface area (Å²) in [4.78, 5) is 11.3. The van der Waals surface area contributed by atoms with E-state index in [1.54, 1.807) is 19.2 Å². The van der Waals surface area contributed by atoms with Crippen LogP contribution in [-0.2, 0) is 7.05 Å². The Labute approximate surface area is 96.0 Å². The zero-order valence-electron chi connectivity index (χ0n) is 8.61. The standard InChI is InChI=1S/C10H11ClN2O3/c1-13-9-6(11)2-5(7(14)4-12)3-8(9)16-10(13)15/h2-3,7,14H,4,12H2,1H3. The third kappa shape index (κ3) is 1.63. The van der Waals surface area contributed by atoms with Gasteiger partial charge in [0.1, 0.15) is 5.52 Å². The van der Waals surface area contributed by atoms with Gasteiger partial charge < -0.3 is 15.3 Å². The first-order chi connectivity index (χ1) is 7.54. The predicted octanol–water partition coefficient (Wildman–Crippen LogP) is 0.777. The first kappa shape index (κ1) is 11.2. The number of nitrogens with zero attached hydrogens (tertiary/aromatic N) is 1. The van der Waals surface area contributed by atoms with Crippen molar-refractivity contribution in [3.8, 4) is 0 Å². The number of fused-ring (bicyclic) bond motifs is 1. The highest BCUT2D eigenvalue weighted by Gasteiger charge is 2.14. The molecule has 0 amide bonds. The van der Waals surface area contributed by atoms with Gasteiger partial charge in [0.25, 0.3) is 0 Å². The fourth-order valence-electron chi connectivity index (χ4n) is 1.58. The Morgan fingerprint density at radius 3 is 2.94 bits per heavy atom. The second kappa shape index (κ2) is 3.93. The minimum atomic E-state index is -0.813. The van der Waals surface area contributed by atoms with E-state index in [0.717, 1.165) is 0 Å². The van der Waals surface area contributed by atoms with Gasteiger partial charge in [-0.2, -0.15) is 0 Å². The molecule has 0 radical (unpaired) electrons. The quantitative estimate of drug-likeness (QED) is 0.815. The predicted molar refractivity (Wildman–Crippen MR) is 60.5 cm³/mol. The van der Waals surface area contributed by atoms with E-state index >= 15 is 0 Å². The second-order valence-corrected chi connectivity index (χ2v) is 3.94. The molecule has 1 atom stereocenters. The number of hydrogen-bond acceptors (Lipinski definition) is 4. The monoisotopic (exact) mass is 242 g/mol. The van der Waals surface area contributed by atoms with Crippen molar-refractivity contribution in [1.82, 2.24) is 4.57 Å². The maximum Gasteiger partial charge on any atom is 0.419 e. The second-order valence-electron chi connectivity index (χ2n) is 3.53. The number of benzene rings is 1. The van der Waals surface area contributed by atoms with E-state index in [1.165, 1.54) is 4.57 Å². The van der Waals surface area contributed by atoms with Crippen LogP contribution < -0.4 is 11.5 Å². The molecule has 0 aliphatic heterocycles. The summed E-state index contributed by atoms with van der Waals surface area (Å²) in [5.74, 6) is -0.490. The van der Waals surface area contributed by atoms with Crippen LogP contribution in [0.15, 0.2) is 21.3 Å². The zero-order valence-corrected chi connectivity index (χ0v) is 9.36. The molecule has 1 unspecified atom stereocenters. The van der Waals surface area contributed by atoms with E-state index in [9.17, 15) is 9.90 Å². The highest BCUT2D eigenvalue weighted by Crippen LogP contribution is 2.27. The fraction of sp³-hybridized carbons (Fsp3) is 0.300. The summed E-state index contributed by atoms with van der Waals surface area (Å²) in [6.45, 7) is 0.0822. The third-order valence-electron chi connectivity index (χ3n) is 2.47. The minimum absolute atomic E-state index is 0.0822. The van der Waals surface area contributed by atoms with Crippen LogP contribution in [0.2, 0.25) is 5.02 Å². The van der Waals surface area contributed by atoms with Crippen LogP contribution in [0.5, 0.6) is 0 Å². The molecule has 16 heavy (non-hydrogen) atoms. The van der Waals surface area contributed by atoms with Gasteiger partial charge in [-0.15, -0.1) is 0 Å². The SMILES string of the molecule is Cn1c(=O)oc2cc(C(O)CN)cc(Cl)c21. The molecule has 86 valence electrons. The highest BCUT2D eigenvalue weighted by atomic mass is 35.5. The van der Waals surface area contributed by atoms with Crippen molar-refractivity contribution in [3.05, 3.63) is 33.3 Å². The van der Waals surface area contributed by atoms with Gasteiger partial charge in [0, 0.05) is 13.6 Å². The summed E-state index contributed by atoms with van der Waals surface area (Å²) in [6, 6.07) is 3.15. The molecular weight excluding hydrogens is 232 g/mol. The molecule has 5 nitrogen and oxygen atoms in total. The van der Waals surface area contributed by atoms with Crippen molar-refractivity contribution < 1.29 is 9.52 Å². The molecule has 0 saturated heterocycles. The van der Waals surface area contributed by atoms with E-state index < -0.39 is 11.9 Å². The van der Waals surface area contributed by atoms with Gasteiger partial charge in [0.2, 0.25) is 0 Å². The maximum atomic E-state index is 11.3. The van der Waals surface area contributed by atoms with Crippen molar-refractivity contribution in [1.29, 1.82) is 0 Å². The van der Waals surface area contributed by atoms with E-state index in [-0.39, 0.29) is 6.54 Å². The minimum Gasteiger partial charge on any atom is -0.408 e. The maximum absolute atomic E-state index is 11.3. The summed E-state index contributed by atoms with van der Waals surface area (Å²) in [7, 11) is 1.57. The molecule has 6 heteroatoms. The Balaban J connectivity index is 2.73. The molecule has 2 rings (SSSR count). The van der Waals surface area contributed by atoms with E-state index in [4.69, 9.17) is 21.8 Å². The molecule has 0 saturated carbocycles. The number of nitrogens with two attached hydrogens (primary N) is 1. The third-order valence-corrected chi connectivity index (χ3v) is 2.75. The Bertz CT molecular complexity index is 587. The Kier molecular flexibility index (Phi) is 2.75. The van der Waals surface area contributed by atoms with E-state index in [0.29, 0.717) is 21.7 Å². The lowest BCUT2D eigenvalue weighted by molar-refractivity contribution is 0.187. The average molecular weight is 243 g/mol. The lowest BCUT2D eigenvalue weighted by Gasteiger charge is -2.08. The Morgan fingerprint density at radius 1 is 1.62 bits per heavy atom. The largest absolute Gasteiger partial charge is 0.419 e. The number of halogens is 1. The normalized spacial score (nSPS) is 13.2. The molecule has 0 spiro atoms.